The van der Waals surface area contributed by atoms with Gasteiger partial charge in [0.1, 0.15) is 23.5 Å². The maximum Gasteiger partial charge on any atom is 0.414 e. The van der Waals surface area contributed by atoms with Gasteiger partial charge in [-0.15, -0.1) is 0 Å². The van der Waals surface area contributed by atoms with E-state index in [2.05, 4.69) is 4.57 Å². The summed E-state index contributed by atoms with van der Waals surface area (Å²) < 4.78 is 13.0. The molecule has 3 aromatic rings. The molecule has 38 heavy (non-hydrogen) atoms. The SMILES string of the molecule is COC(=O)N1c2ccc3c(nc([C@@H](O)c4ccc5c(c4)CCO5)n3[C@@H]3CCC[C@@H](C(C)=O)C3)c2CC[C@@H]1C. The number of benzene rings is 2. The number of methoxy groups -OCH3 is 1. The summed E-state index contributed by atoms with van der Waals surface area (Å²) in [5.41, 5.74) is 5.44. The number of aryl methyl sites for hydroxylation is 1. The van der Waals surface area contributed by atoms with E-state index in [9.17, 15) is 14.7 Å². The Hall–Kier alpha value is -3.39. The zero-order valence-electron chi connectivity index (χ0n) is 22.3. The number of Topliss-reactive ketones (excluding diaryl/α,β-unsaturated/α-hetero) is 1. The highest BCUT2D eigenvalue weighted by Gasteiger charge is 2.35. The Morgan fingerprint density at radius 1 is 1.16 bits per heavy atom. The van der Waals surface area contributed by atoms with E-state index in [1.54, 1.807) is 11.8 Å². The zero-order chi connectivity index (χ0) is 26.6. The highest BCUT2D eigenvalue weighted by molar-refractivity contribution is 5.95. The third-order valence-corrected chi connectivity index (χ3v) is 8.71. The molecule has 4 atom stereocenters. The van der Waals surface area contributed by atoms with Gasteiger partial charge in [-0.3, -0.25) is 9.69 Å². The molecular formula is C30H35N3O5. The highest BCUT2D eigenvalue weighted by atomic mass is 16.5. The molecule has 1 aliphatic carbocycles. The second-order valence-corrected chi connectivity index (χ2v) is 11.0. The van der Waals surface area contributed by atoms with Gasteiger partial charge in [0.15, 0.2) is 0 Å². The Kier molecular flexibility index (Phi) is 6.38. The van der Waals surface area contributed by atoms with Gasteiger partial charge in [-0.05, 0) is 81.3 Å². The molecule has 3 heterocycles. The second-order valence-electron chi connectivity index (χ2n) is 11.0. The summed E-state index contributed by atoms with van der Waals surface area (Å²) in [5, 5.41) is 11.8. The van der Waals surface area contributed by atoms with Crippen molar-refractivity contribution in [3.63, 3.8) is 0 Å². The lowest BCUT2D eigenvalue weighted by molar-refractivity contribution is -0.122. The van der Waals surface area contributed by atoms with Crippen LogP contribution in [0.3, 0.4) is 0 Å². The summed E-state index contributed by atoms with van der Waals surface area (Å²) in [6.45, 7) is 4.36. The largest absolute Gasteiger partial charge is 0.493 e. The number of carbonyl (C=O) groups excluding carboxylic acids is 2. The average molecular weight is 518 g/mol. The van der Waals surface area contributed by atoms with Crippen LogP contribution in [0.2, 0.25) is 0 Å². The van der Waals surface area contributed by atoms with Crippen molar-refractivity contribution in [2.75, 3.05) is 18.6 Å². The van der Waals surface area contributed by atoms with Crippen LogP contribution in [0.1, 0.15) is 80.6 Å². The van der Waals surface area contributed by atoms with Crippen molar-refractivity contribution in [2.24, 2.45) is 5.92 Å². The standard InChI is InChI=1S/C30H35N3O5/c1-17-7-9-23-24(32(17)30(36)37-3)10-11-25-27(23)31-29(33(25)22-6-4-5-19(16-22)18(2)34)28(35)21-8-12-26-20(15-21)13-14-38-26/h8,10-12,15,17,19,22,28,35H,4-7,9,13-14,16H2,1-3H3/t17-,19+,22+,28-/m0/s1. The van der Waals surface area contributed by atoms with Crippen molar-refractivity contribution in [1.82, 2.24) is 9.55 Å². The monoisotopic (exact) mass is 517 g/mol. The van der Waals surface area contributed by atoms with Gasteiger partial charge in [-0.25, -0.2) is 9.78 Å². The van der Waals surface area contributed by atoms with Crippen LogP contribution in [0.4, 0.5) is 10.5 Å². The molecule has 6 rings (SSSR count). The first kappa shape index (κ1) is 24.9. The summed E-state index contributed by atoms with van der Waals surface area (Å²) in [6.07, 6.45) is 4.62. The molecular weight excluding hydrogens is 482 g/mol. The number of hydrogen-bond donors (Lipinski definition) is 1. The van der Waals surface area contributed by atoms with Crippen LogP contribution in [0, 0.1) is 5.92 Å². The Morgan fingerprint density at radius 3 is 2.79 bits per heavy atom. The molecule has 0 saturated heterocycles. The van der Waals surface area contributed by atoms with Gasteiger partial charge < -0.3 is 19.1 Å². The molecule has 0 bridgehead atoms. The van der Waals surface area contributed by atoms with Gasteiger partial charge in [0.25, 0.3) is 0 Å². The minimum Gasteiger partial charge on any atom is -0.493 e. The van der Waals surface area contributed by atoms with Crippen LogP contribution < -0.4 is 9.64 Å². The number of carbonyl (C=O) groups is 2. The number of rotatable bonds is 4. The maximum atomic E-state index is 12.7. The van der Waals surface area contributed by atoms with Crippen molar-refractivity contribution >= 4 is 28.6 Å². The first-order valence-corrected chi connectivity index (χ1v) is 13.7. The number of ketones is 1. The topological polar surface area (TPSA) is 93.9 Å². The molecule has 3 aliphatic rings. The third-order valence-electron chi connectivity index (χ3n) is 8.71. The number of ether oxygens (including phenoxy) is 2. The molecule has 0 spiro atoms. The van der Waals surface area contributed by atoms with E-state index in [0.29, 0.717) is 12.4 Å². The molecule has 1 N–H and O–H groups in total. The van der Waals surface area contributed by atoms with Gasteiger partial charge in [0, 0.05) is 30.0 Å². The predicted molar refractivity (Wildman–Crippen MR) is 144 cm³/mol. The van der Waals surface area contributed by atoms with Crippen LogP contribution in [0.25, 0.3) is 11.0 Å². The molecule has 2 aromatic carbocycles. The van der Waals surface area contributed by atoms with E-state index < -0.39 is 6.10 Å². The number of aliphatic hydroxyl groups excluding tert-OH is 1. The van der Waals surface area contributed by atoms with Gasteiger partial charge in [0.2, 0.25) is 0 Å². The van der Waals surface area contributed by atoms with Crippen LogP contribution >= 0.6 is 0 Å². The zero-order valence-corrected chi connectivity index (χ0v) is 22.3. The van der Waals surface area contributed by atoms with E-state index in [0.717, 1.165) is 84.1 Å². The van der Waals surface area contributed by atoms with Gasteiger partial charge in [0.05, 0.1) is 30.4 Å². The van der Waals surface area contributed by atoms with Gasteiger partial charge >= 0.3 is 6.09 Å². The van der Waals surface area contributed by atoms with Crippen molar-refractivity contribution < 1.29 is 24.2 Å². The van der Waals surface area contributed by atoms with E-state index in [1.807, 2.05) is 37.3 Å². The maximum absolute atomic E-state index is 12.7. The number of anilines is 1. The molecule has 8 nitrogen and oxygen atoms in total. The van der Waals surface area contributed by atoms with E-state index in [4.69, 9.17) is 14.5 Å². The lowest BCUT2D eigenvalue weighted by Crippen LogP contribution is -2.42. The predicted octanol–water partition coefficient (Wildman–Crippen LogP) is 5.28. The smallest absolute Gasteiger partial charge is 0.414 e. The normalized spacial score (nSPS) is 23.5. The lowest BCUT2D eigenvalue weighted by Gasteiger charge is -2.34. The van der Waals surface area contributed by atoms with Crippen molar-refractivity contribution in [2.45, 2.75) is 77.0 Å². The summed E-state index contributed by atoms with van der Waals surface area (Å²) >= 11 is 0. The van der Waals surface area contributed by atoms with E-state index in [-0.39, 0.29) is 29.9 Å². The number of nitrogens with zero attached hydrogens (tertiary/aromatic N) is 3. The fraction of sp³-hybridized carbons (Fsp3) is 0.500. The minimum absolute atomic E-state index is 0.0154. The molecule has 8 heteroatoms. The molecule has 200 valence electrons. The van der Waals surface area contributed by atoms with Crippen molar-refractivity contribution in [3.05, 3.63) is 52.8 Å². The third kappa shape index (κ3) is 4.06. The first-order chi connectivity index (χ1) is 18.4. The molecule has 1 aromatic heterocycles. The minimum atomic E-state index is -0.930. The van der Waals surface area contributed by atoms with Crippen molar-refractivity contribution in [3.8, 4) is 5.75 Å². The number of imidazole rings is 1. The number of aliphatic hydroxyl groups is 1. The van der Waals surface area contributed by atoms with Gasteiger partial charge in [-0.1, -0.05) is 12.5 Å². The Labute approximate surface area is 222 Å². The summed E-state index contributed by atoms with van der Waals surface area (Å²) in [5.74, 6) is 1.70. The molecule has 2 aliphatic heterocycles. The molecule has 1 saturated carbocycles. The summed E-state index contributed by atoms with van der Waals surface area (Å²) in [6, 6.07) is 9.93. The highest BCUT2D eigenvalue weighted by Crippen LogP contribution is 2.42. The molecule has 0 radical (unpaired) electrons. The second kappa shape index (κ2) is 9.73. The average Bonchev–Trinajstić information content (AvgIpc) is 3.56. The van der Waals surface area contributed by atoms with Crippen LogP contribution in [0.5, 0.6) is 5.75 Å². The Bertz CT molecular complexity index is 1410. The Morgan fingerprint density at radius 2 is 2.00 bits per heavy atom. The quantitative estimate of drug-likeness (QED) is 0.506. The van der Waals surface area contributed by atoms with E-state index in [1.165, 1.54) is 7.11 Å². The summed E-state index contributed by atoms with van der Waals surface area (Å²) in [4.78, 5) is 31.8. The molecule has 0 unspecified atom stereocenters. The molecule has 1 amide bonds. The first-order valence-electron chi connectivity index (χ1n) is 13.7. The number of amides is 1. The van der Waals surface area contributed by atoms with Crippen LogP contribution in [-0.4, -0.2) is 46.3 Å². The fourth-order valence-corrected chi connectivity index (χ4v) is 6.66. The van der Waals surface area contributed by atoms with Crippen molar-refractivity contribution in [1.29, 1.82) is 0 Å². The number of fused-ring (bicyclic) bond motifs is 4. The van der Waals surface area contributed by atoms with E-state index >= 15 is 0 Å². The van der Waals surface area contributed by atoms with Crippen LogP contribution in [-0.2, 0) is 22.4 Å². The van der Waals surface area contributed by atoms with Gasteiger partial charge in [-0.2, -0.15) is 0 Å². The number of hydrogen-bond acceptors (Lipinski definition) is 6. The molecule has 1 fully saturated rings. The lowest BCUT2D eigenvalue weighted by atomic mass is 9.83. The van der Waals surface area contributed by atoms with Crippen LogP contribution in [0.15, 0.2) is 30.3 Å². The number of aromatic nitrogens is 2. The fourth-order valence-electron chi connectivity index (χ4n) is 6.66. The Balaban J connectivity index is 1.51. The summed E-state index contributed by atoms with van der Waals surface area (Å²) in [7, 11) is 1.40.